The average Bonchev–Trinajstić information content (AvgIpc) is 3.28. The number of carbonyl (C=O) groups is 2. The lowest BCUT2D eigenvalue weighted by Crippen LogP contribution is -2.44. The van der Waals surface area contributed by atoms with Crippen LogP contribution in [0.1, 0.15) is 35.5 Å². The first-order chi connectivity index (χ1) is 13.0. The largest absolute Gasteiger partial charge is 0.491 e. The molecule has 0 aliphatic carbocycles. The summed E-state index contributed by atoms with van der Waals surface area (Å²) in [5, 5.41) is 2.92. The van der Waals surface area contributed by atoms with Crippen LogP contribution in [0.15, 0.2) is 46.7 Å². The smallest absolute Gasteiger partial charge is 0.285 e. The molecule has 1 aromatic heterocycles. The van der Waals surface area contributed by atoms with Gasteiger partial charge >= 0.3 is 0 Å². The Kier molecular flexibility index (Phi) is 6.30. The summed E-state index contributed by atoms with van der Waals surface area (Å²) in [6.45, 7) is 4.09. The van der Waals surface area contributed by atoms with Crippen molar-refractivity contribution in [2.24, 2.45) is 0 Å². The maximum absolute atomic E-state index is 12.6. The minimum Gasteiger partial charge on any atom is -0.491 e. The normalized spacial score (nSPS) is 16.7. The van der Waals surface area contributed by atoms with E-state index < -0.39 is 0 Å². The van der Waals surface area contributed by atoms with Crippen molar-refractivity contribution < 1.29 is 14.3 Å². The highest BCUT2D eigenvalue weighted by Gasteiger charge is 2.33. The molecule has 8 heteroatoms. The van der Waals surface area contributed by atoms with Gasteiger partial charge in [0.15, 0.2) is 4.32 Å². The van der Waals surface area contributed by atoms with Crippen LogP contribution in [-0.4, -0.2) is 27.2 Å². The summed E-state index contributed by atoms with van der Waals surface area (Å²) < 4.78 is 6.05. The summed E-state index contributed by atoms with van der Waals surface area (Å²) in [6.07, 6.45) is 2.84. The molecule has 1 N–H and O–H groups in total. The van der Waals surface area contributed by atoms with Gasteiger partial charge in [0.1, 0.15) is 5.75 Å². The third kappa shape index (κ3) is 4.77. The maximum Gasteiger partial charge on any atom is 0.285 e. The molecule has 0 bridgehead atoms. The van der Waals surface area contributed by atoms with Crippen molar-refractivity contribution >= 4 is 57.5 Å². The second-order valence-electron chi connectivity index (χ2n) is 5.84. The highest BCUT2D eigenvalue weighted by atomic mass is 32.2. The SMILES string of the molecule is CC[C@H](C)Oc1ccc(/C=C2\SC(=S)N(NC(=O)c3cccs3)C2=O)cc1. The van der Waals surface area contributed by atoms with Gasteiger partial charge in [0.25, 0.3) is 11.8 Å². The molecule has 0 unspecified atom stereocenters. The Hall–Kier alpha value is -2.16. The van der Waals surface area contributed by atoms with E-state index in [-0.39, 0.29) is 17.9 Å². The van der Waals surface area contributed by atoms with Crippen LogP contribution in [0.25, 0.3) is 6.08 Å². The topological polar surface area (TPSA) is 58.6 Å². The number of benzene rings is 1. The van der Waals surface area contributed by atoms with Crippen LogP contribution in [0.5, 0.6) is 5.75 Å². The molecule has 0 spiro atoms. The molecule has 1 fully saturated rings. The van der Waals surface area contributed by atoms with Gasteiger partial charge in [0.2, 0.25) is 0 Å². The molecule has 5 nitrogen and oxygen atoms in total. The molecule has 1 saturated heterocycles. The number of thioether (sulfide) groups is 1. The van der Waals surface area contributed by atoms with E-state index in [9.17, 15) is 9.59 Å². The second-order valence-corrected chi connectivity index (χ2v) is 8.46. The fourth-order valence-electron chi connectivity index (χ4n) is 2.24. The maximum atomic E-state index is 12.6. The van der Waals surface area contributed by atoms with Crippen LogP contribution in [0.2, 0.25) is 0 Å². The molecule has 140 valence electrons. The van der Waals surface area contributed by atoms with E-state index in [4.69, 9.17) is 17.0 Å². The van der Waals surface area contributed by atoms with Crippen LogP contribution in [0.3, 0.4) is 0 Å². The number of hydrogen-bond donors (Lipinski definition) is 1. The van der Waals surface area contributed by atoms with Crippen molar-refractivity contribution in [3.05, 3.63) is 57.1 Å². The monoisotopic (exact) mass is 418 g/mol. The van der Waals surface area contributed by atoms with E-state index in [1.165, 1.54) is 11.3 Å². The van der Waals surface area contributed by atoms with Crippen molar-refractivity contribution in [3.63, 3.8) is 0 Å². The predicted octanol–water partition coefficient (Wildman–Crippen LogP) is 4.47. The van der Waals surface area contributed by atoms with Gasteiger partial charge < -0.3 is 4.74 Å². The Bertz CT molecular complexity index is 876. The lowest BCUT2D eigenvalue weighted by Gasteiger charge is -2.14. The lowest BCUT2D eigenvalue weighted by molar-refractivity contribution is -0.123. The summed E-state index contributed by atoms with van der Waals surface area (Å²) >= 11 is 7.70. The number of hydrazine groups is 1. The summed E-state index contributed by atoms with van der Waals surface area (Å²) in [5.41, 5.74) is 3.42. The molecule has 2 aromatic rings. The molecular formula is C19H18N2O3S3. The van der Waals surface area contributed by atoms with E-state index in [0.29, 0.717) is 14.1 Å². The molecule has 3 rings (SSSR count). The number of hydrogen-bond acceptors (Lipinski definition) is 6. The van der Waals surface area contributed by atoms with Gasteiger partial charge in [-0.2, -0.15) is 5.01 Å². The van der Waals surface area contributed by atoms with E-state index in [1.54, 1.807) is 23.6 Å². The Morgan fingerprint density at radius 3 is 2.70 bits per heavy atom. The van der Waals surface area contributed by atoms with Crippen LogP contribution in [0.4, 0.5) is 0 Å². The standard InChI is InChI=1S/C19H18N2O3S3/c1-3-12(2)24-14-8-6-13(7-9-14)11-16-18(23)21(19(25)27-16)20-17(22)15-5-4-10-26-15/h4-12H,3H2,1-2H3,(H,20,22)/b16-11-/t12-/m0/s1. The number of amides is 2. The third-order valence-corrected chi connectivity index (χ3v) is 6.01. The first kappa shape index (κ1) is 19.6. The zero-order valence-corrected chi connectivity index (χ0v) is 17.2. The van der Waals surface area contributed by atoms with Crippen LogP contribution in [0, 0.1) is 0 Å². The third-order valence-electron chi connectivity index (χ3n) is 3.84. The van der Waals surface area contributed by atoms with E-state index >= 15 is 0 Å². The van der Waals surface area contributed by atoms with Crippen molar-refractivity contribution in [1.29, 1.82) is 0 Å². The minimum atomic E-state index is -0.353. The summed E-state index contributed by atoms with van der Waals surface area (Å²) in [5.74, 6) is 0.0983. The van der Waals surface area contributed by atoms with Crippen LogP contribution >= 0.6 is 35.3 Å². The Labute approximate surface area is 171 Å². The molecule has 27 heavy (non-hydrogen) atoms. The number of carbonyl (C=O) groups excluding carboxylic acids is 2. The van der Waals surface area contributed by atoms with E-state index in [1.807, 2.05) is 31.2 Å². The first-order valence-corrected chi connectivity index (χ1v) is 10.5. The highest BCUT2D eigenvalue weighted by molar-refractivity contribution is 8.26. The number of rotatable bonds is 6. The van der Waals surface area contributed by atoms with Gasteiger partial charge in [-0.05, 0) is 60.8 Å². The molecule has 1 atom stereocenters. The van der Waals surface area contributed by atoms with Gasteiger partial charge in [-0.15, -0.1) is 11.3 Å². The minimum absolute atomic E-state index is 0.152. The predicted molar refractivity (Wildman–Crippen MR) is 114 cm³/mol. The lowest BCUT2D eigenvalue weighted by atomic mass is 10.2. The van der Waals surface area contributed by atoms with Crippen molar-refractivity contribution in [2.75, 3.05) is 0 Å². The number of ether oxygens (including phenoxy) is 1. The molecule has 2 amide bonds. The summed E-state index contributed by atoms with van der Waals surface area (Å²) in [4.78, 5) is 25.7. The van der Waals surface area contributed by atoms with Crippen LogP contribution < -0.4 is 10.2 Å². The van der Waals surface area contributed by atoms with E-state index in [0.717, 1.165) is 34.5 Å². The molecule has 1 aliphatic heterocycles. The summed E-state index contributed by atoms with van der Waals surface area (Å²) in [7, 11) is 0. The molecule has 1 aliphatic rings. The van der Waals surface area contributed by atoms with Gasteiger partial charge in [0, 0.05) is 0 Å². The number of nitrogens with one attached hydrogen (secondary N) is 1. The fraction of sp³-hybridized carbons (Fsp3) is 0.211. The molecular weight excluding hydrogens is 400 g/mol. The highest BCUT2D eigenvalue weighted by Crippen LogP contribution is 2.32. The Balaban J connectivity index is 1.69. The van der Waals surface area contributed by atoms with Crippen molar-refractivity contribution in [1.82, 2.24) is 10.4 Å². The van der Waals surface area contributed by atoms with E-state index in [2.05, 4.69) is 12.3 Å². The second kappa shape index (κ2) is 8.69. The van der Waals surface area contributed by atoms with Crippen molar-refractivity contribution in [2.45, 2.75) is 26.4 Å². The van der Waals surface area contributed by atoms with Gasteiger partial charge in [0.05, 0.1) is 15.9 Å². The zero-order chi connectivity index (χ0) is 19.4. The fourth-order valence-corrected chi connectivity index (χ4v) is 4.03. The molecule has 0 saturated carbocycles. The first-order valence-electron chi connectivity index (χ1n) is 8.37. The quantitative estimate of drug-likeness (QED) is 0.554. The van der Waals surface area contributed by atoms with Gasteiger partial charge in [-0.25, -0.2) is 0 Å². The molecule has 0 radical (unpaired) electrons. The zero-order valence-electron chi connectivity index (χ0n) is 14.8. The Morgan fingerprint density at radius 2 is 2.07 bits per heavy atom. The molecule has 2 heterocycles. The molecule has 1 aromatic carbocycles. The van der Waals surface area contributed by atoms with Gasteiger partial charge in [-0.3, -0.25) is 15.0 Å². The van der Waals surface area contributed by atoms with Gasteiger partial charge in [-0.1, -0.05) is 36.9 Å². The number of thiocarbonyl (C=S) groups is 1. The summed E-state index contributed by atoms with van der Waals surface area (Å²) in [6, 6.07) is 11.0. The average molecular weight is 419 g/mol. The number of thiophene rings is 1. The van der Waals surface area contributed by atoms with Crippen LogP contribution in [-0.2, 0) is 4.79 Å². The number of nitrogens with zero attached hydrogens (tertiary/aromatic N) is 1. The van der Waals surface area contributed by atoms with Crippen molar-refractivity contribution in [3.8, 4) is 5.75 Å². The Morgan fingerprint density at radius 1 is 1.33 bits per heavy atom.